The molecule has 5 rings (SSSR count). The number of piperazine rings is 1. The molecule has 0 aliphatic carbocycles. The SMILES string of the molecule is CCC/C=C\C/C=C\C/C=C\C/C=C\C/C=C\CCCC(=O)n1c(=O)ccc2ccc(OCCCCN3CCN(c4cccc5sccc45)CC3)cc21. The third-order valence-electron chi connectivity index (χ3n) is 9.58. The summed E-state index contributed by atoms with van der Waals surface area (Å²) in [5.74, 6) is 0.516. The Hall–Kier alpha value is -4.46. The van der Waals surface area contributed by atoms with Gasteiger partial charge in [0.05, 0.1) is 12.1 Å². The first-order valence-electron chi connectivity index (χ1n) is 19.6. The van der Waals surface area contributed by atoms with E-state index in [-0.39, 0.29) is 11.5 Å². The summed E-state index contributed by atoms with van der Waals surface area (Å²) in [6.45, 7) is 8.09. The molecule has 1 fully saturated rings. The summed E-state index contributed by atoms with van der Waals surface area (Å²) in [6.07, 6.45) is 31.9. The van der Waals surface area contributed by atoms with Crippen LogP contribution in [-0.2, 0) is 0 Å². The second kappa shape index (κ2) is 22.6. The lowest BCUT2D eigenvalue weighted by Gasteiger charge is -2.36. The summed E-state index contributed by atoms with van der Waals surface area (Å²) in [5, 5.41) is 4.40. The molecule has 0 atom stereocenters. The average molecular weight is 732 g/mol. The van der Waals surface area contributed by atoms with Crippen LogP contribution in [0.5, 0.6) is 5.75 Å². The Bertz CT molecular complexity index is 1920. The van der Waals surface area contributed by atoms with Gasteiger partial charge < -0.3 is 9.64 Å². The minimum absolute atomic E-state index is 0.173. The van der Waals surface area contributed by atoms with Crippen molar-refractivity contribution in [3.63, 3.8) is 0 Å². The van der Waals surface area contributed by atoms with Gasteiger partial charge in [-0.3, -0.25) is 14.5 Å². The largest absolute Gasteiger partial charge is 0.494 e. The maximum Gasteiger partial charge on any atom is 0.257 e. The monoisotopic (exact) mass is 731 g/mol. The molecule has 0 radical (unpaired) electrons. The zero-order valence-electron chi connectivity index (χ0n) is 31.5. The van der Waals surface area contributed by atoms with Gasteiger partial charge in [-0.15, -0.1) is 11.3 Å². The highest BCUT2D eigenvalue weighted by Gasteiger charge is 2.18. The number of allylic oxidation sites excluding steroid dienone is 10. The van der Waals surface area contributed by atoms with Crippen LogP contribution in [0.25, 0.3) is 21.0 Å². The van der Waals surface area contributed by atoms with E-state index in [0.717, 1.165) is 89.5 Å². The molecule has 0 amide bonds. The van der Waals surface area contributed by atoms with Gasteiger partial charge in [0.1, 0.15) is 5.75 Å². The van der Waals surface area contributed by atoms with E-state index in [0.29, 0.717) is 30.7 Å². The van der Waals surface area contributed by atoms with Crippen LogP contribution in [0, 0.1) is 0 Å². The molecule has 0 bridgehead atoms. The first-order chi connectivity index (χ1) is 26.1. The molecule has 0 N–H and O–H groups in total. The van der Waals surface area contributed by atoms with Crippen molar-refractivity contribution < 1.29 is 9.53 Å². The molecule has 6 nitrogen and oxygen atoms in total. The average Bonchev–Trinajstić information content (AvgIpc) is 3.67. The van der Waals surface area contributed by atoms with Crippen LogP contribution < -0.4 is 15.2 Å². The molecule has 53 heavy (non-hydrogen) atoms. The predicted octanol–water partition coefficient (Wildman–Crippen LogP) is 11.1. The summed E-state index contributed by atoms with van der Waals surface area (Å²) in [6, 6.07) is 17.8. The third-order valence-corrected chi connectivity index (χ3v) is 10.5. The number of rotatable bonds is 21. The molecule has 4 aromatic rings. The standard InChI is InChI=1S/C46H57N3O3S/c1-2-3-4-5-6-7-8-9-10-11-12-13-14-15-16-17-18-19-25-45(50)49-43-38-40(28-26-39(43)27-29-46(49)51)52-36-21-20-31-47-32-34-48(35-33-47)42-23-22-24-44-41(42)30-37-53-44/h4-5,7-8,10-11,13-14,16-17,22-24,26-30,37-38H,2-3,6,9,12,15,18-21,25,31-36H2,1H3/b5-4-,8-7-,11-10-,14-13-,17-16-. The minimum Gasteiger partial charge on any atom is -0.494 e. The van der Waals surface area contributed by atoms with Crippen LogP contribution in [0.4, 0.5) is 5.69 Å². The van der Waals surface area contributed by atoms with Crippen LogP contribution in [0.2, 0.25) is 0 Å². The second-order valence-corrected chi connectivity index (χ2v) is 14.5. The Morgan fingerprint density at radius 3 is 2.15 bits per heavy atom. The molecule has 1 aliphatic rings. The van der Waals surface area contributed by atoms with Gasteiger partial charge in [-0.2, -0.15) is 0 Å². The summed E-state index contributed by atoms with van der Waals surface area (Å²) < 4.78 is 8.79. The molecule has 280 valence electrons. The highest BCUT2D eigenvalue weighted by molar-refractivity contribution is 7.17. The fourth-order valence-corrected chi connectivity index (χ4v) is 7.43. The molecule has 3 heterocycles. The van der Waals surface area contributed by atoms with E-state index in [1.807, 2.05) is 18.2 Å². The van der Waals surface area contributed by atoms with Gasteiger partial charge in [-0.25, -0.2) is 4.57 Å². The van der Waals surface area contributed by atoms with Gasteiger partial charge in [0, 0.05) is 60.5 Å². The molecule has 0 unspecified atom stereocenters. The molecule has 7 heteroatoms. The van der Waals surface area contributed by atoms with Gasteiger partial charge in [0.25, 0.3) is 5.56 Å². The summed E-state index contributed by atoms with van der Waals surface area (Å²) in [5.41, 5.74) is 1.68. The normalized spacial score (nSPS) is 14.5. The van der Waals surface area contributed by atoms with E-state index < -0.39 is 0 Å². The van der Waals surface area contributed by atoms with Crippen molar-refractivity contribution in [1.29, 1.82) is 0 Å². The Labute approximate surface area is 320 Å². The lowest BCUT2D eigenvalue weighted by molar-refractivity contribution is 0.0901. The van der Waals surface area contributed by atoms with Gasteiger partial charge in [0.15, 0.2) is 0 Å². The number of pyridine rings is 1. The Morgan fingerprint density at radius 2 is 1.43 bits per heavy atom. The first kappa shape index (κ1) is 39.7. The van der Waals surface area contributed by atoms with Gasteiger partial charge in [0.2, 0.25) is 5.91 Å². The van der Waals surface area contributed by atoms with E-state index in [1.165, 1.54) is 32.8 Å². The van der Waals surface area contributed by atoms with Gasteiger partial charge >= 0.3 is 0 Å². The highest BCUT2D eigenvalue weighted by atomic mass is 32.1. The molecule has 2 aromatic carbocycles. The van der Waals surface area contributed by atoms with Crippen molar-refractivity contribution in [2.45, 2.75) is 77.6 Å². The number of nitrogens with zero attached hydrogens (tertiary/aromatic N) is 3. The molecule has 0 spiro atoms. The number of benzene rings is 2. The van der Waals surface area contributed by atoms with Crippen molar-refractivity contribution in [3.05, 3.63) is 131 Å². The fourth-order valence-electron chi connectivity index (χ4n) is 6.62. The summed E-state index contributed by atoms with van der Waals surface area (Å²) in [4.78, 5) is 31.1. The molecule has 1 saturated heterocycles. The number of carbonyl (C=O) groups excluding carboxylic acids is 1. The minimum atomic E-state index is -0.294. The summed E-state index contributed by atoms with van der Waals surface area (Å²) in [7, 11) is 0. The number of carbonyl (C=O) groups is 1. The van der Waals surface area contributed by atoms with Crippen LogP contribution >= 0.6 is 11.3 Å². The van der Waals surface area contributed by atoms with Crippen molar-refractivity contribution in [1.82, 2.24) is 9.47 Å². The molecule has 2 aromatic heterocycles. The molecular formula is C46H57N3O3S. The number of thiophene rings is 1. The number of anilines is 1. The van der Waals surface area contributed by atoms with E-state index in [4.69, 9.17) is 4.74 Å². The fraction of sp³-hybridized carbons (Fsp3) is 0.391. The second-order valence-electron chi connectivity index (χ2n) is 13.6. The lowest BCUT2D eigenvalue weighted by Crippen LogP contribution is -2.46. The van der Waals surface area contributed by atoms with Crippen molar-refractivity contribution in [2.75, 3.05) is 44.2 Å². The van der Waals surface area contributed by atoms with E-state index in [9.17, 15) is 9.59 Å². The number of fused-ring (bicyclic) bond motifs is 2. The van der Waals surface area contributed by atoms with Gasteiger partial charge in [-0.05, 0) is 111 Å². The molecule has 1 aliphatic heterocycles. The first-order valence-corrected chi connectivity index (χ1v) is 20.5. The van der Waals surface area contributed by atoms with Gasteiger partial charge in [-0.1, -0.05) is 80.2 Å². The number of hydrogen-bond donors (Lipinski definition) is 0. The van der Waals surface area contributed by atoms with Crippen molar-refractivity contribution >= 4 is 43.9 Å². The number of aromatic nitrogens is 1. The topological polar surface area (TPSA) is 54.8 Å². The Balaban J connectivity index is 0.970. The van der Waals surface area contributed by atoms with Crippen LogP contribution in [0.15, 0.2) is 126 Å². The number of unbranched alkanes of at least 4 members (excludes halogenated alkanes) is 3. The quantitative estimate of drug-likeness (QED) is 0.0631. The van der Waals surface area contributed by atoms with E-state index in [1.54, 1.807) is 17.4 Å². The van der Waals surface area contributed by atoms with Crippen molar-refractivity contribution in [3.8, 4) is 5.75 Å². The summed E-state index contributed by atoms with van der Waals surface area (Å²) >= 11 is 1.81. The number of ether oxygens (including phenoxy) is 1. The molecular weight excluding hydrogens is 675 g/mol. The Morgan fingerprint density at radius 1 is 0.755 bits per heavy atom. The van der Waals surface area contributed by atoms with E-state index >= 15 is 0 Å². The smallest absolute Gasteiger partial charge is 0.257 e. The zero-order chi connectivity index (χ0) is 36.9. The molecule has 0 saturated carbocycles. The maximum atomic E-state index is 13.2. The van der Waals surface area contributed by atoms with Crippen LogP contribution in [0.3, 0.4) is 0 Å². The van der Waals surface area contributed by atoms with E-state index in [2.05, 4.69) is 107 Å². The predicted molar refractivity (Wildman–Crippen MR) is 227 cm³/mol. The highest BCUT2D eigenvalue weighted by Crippen LogP contribution is 2.31. The zero-order valence-corrected chi connectivity index (χ0v) is 32.4. The van der Waals surface area contributed by atoms with Crippen LogP contribution in [-0.4, -0.2) is 54.7 Å². The maximum absolute atomic E-state index is 13.2. The lowest BCUT2D eigenvalue weighted by atomic mass is 10.1. The number of hydrogen-bond acceptors (Lipinski definition) is 6. The third kappa shape index (κ3) is 12.9. The Kier molecular flexibility index (Phi) is 16.9. The van der Waals surface area contributed by atoms with Crippen molar-refractivity contribution in [2.24, 2.45) is 0 Å². The van der Waals surface area contributed by atoms with Crippen LogP contribution in [0.1, 0.15) is 82.3 Å².